The first kappa shape index (κ1) is 13.7. The molecule has 0 fully saturated rings. The Bertz CT molecular complexity index is 373. The van der Waals surface area contributed by atoms with Crippen LogP contribution in [-0.4, -0.2) is 28.8 Å². The van der Waals surface area contributed by atoms with Crippen LogP contribution in [0.25, 0.3) is 0 Å². The SMILES string of the molecule is CCCNCC(=O)NC(C)c1cnn(C)c1C. The first-order valence-corrected chi connectivity index (χ1v) is 6.04. The average molecular weight is 238 g/mol. The molecule has 0 bridgehead atoms. The molecule has 1 unspecified atom stereocenters. The topological polar surface area (TPSA) is 59.0 Å². The van der Waals surface area contributed by atoms with Crippen LogP contribution in [0.1, 0.15) is 37.6 Å². The number of hydrogen-bond donors (Lipinski definition) is 2. The van der Waals surface area contributed by atoms with E-state index in [-0.39, 0.29) is 11.9 Å². The molecule has 17 heavy (non-hydrogen) atoms. The second kappa shape index (κ2) is 6.39. The molecule has 1 heterocycles. The molecule has 2 N–H and O–H groups in total. The van der Waals surface area contributed by atoms with Crippen LogP contribution in [0.4, 0.5) is 0 Å². The Morgan fingerprint density at radius 3 is 2.82 bits per heavy atom. The predicted octanol–water partition coefficient (Wildman–Crippen LogP) is 0.905. The van der Waals surface area contributed by atoms with Crippen molar-refractivity contribution in [3.8, 4) is 0 Å². The Kier molecular flexibility index (Phi) is 5.15. The quantitative estimate of drug-likeness (QED) is 0.724. The molecule has 0 aliphatic rings. The molecule has 1 atom stereocenters. The van der Waals surface area contributed by atoms with Crippen LogP contribution in [0.15, 0.2) is 6.20 Å². The standard InChI is InChI=1S/C12H22N4O/c1-5-6-13-8-12(17)15-9(2)11-7-14-16(4)10(11)3/h7,9,13H,5-6,8H2,1-4H3,(H,15,17). The fourth-order valence-electron chi connectivity index (χ4n) is 1.69. The number of amides is 1. The van der Waals surface area contributed by atoms with Gasteiger partial charge < -0.3 is 10.6 Å². The van der Waals surface area contributed by atoms with Crippen LogP contribution in [-0.2, 0) is 11.8 Å². The minimum absolute atomic E-state index is 0.000346. The van der Waals surface area contributed by atoms with Crippen molar-refractivity contribution in [2.75, 3.05) is 13.1 Å². The summed E-state index contributed by atoms with van der Waals surface area (Å²) in [6.45, 7) is 7.29. The predicted molar refractivity (Wildman–Crippen MR) is 67.7 cm³/mol. The largest absolute Gasteiger partial charge is 0.348 e. The van der Waals surface area contributed by atoms with Crippen LogP contribution in [0.5, 0.6) is 0 Å². The van der Waals surface area contributed by atoms with E-state index in [1.54, 1.807) is 6.20 Å². The molecule has 0 aliphatic carbocycles. The fourth-order valence-corrected chi connectivity index (χ4v) is 1.69. The van der Waals surface area contributed by atoms with Crippen molar-refractivity contribution >= 4 is 5.91 Å². The zero-order chi connectivity index (χ0) is 12.8. The zero-order valence-electron chi connectivity index (χ0n) is 11.1. The van der Waals surface area contributed by atoms with E-state index in [9.17, 15) is 4.79 Å². The normalized spacial score (nSPS) is 12.5. The Balaban J connectivity index is 2.46. The maximum absolute atomic E-state index is 11.6. The van der Waals surface area contributed by atoms with Crippen LogP contribution in [0.2, 0.25) is 0 Å². The van der Waals surface area contributed by atoms with Gasteiger partial charge in [0.05, 0.1) is 18.8 Å². The van der Waals surface area contributed by atoms with E-state index in [2.05, 4.69) is 22.7 Å². The Labute approximate surface area is 103 Å². The second-order valence-corrected chi connectivity index (χ2v) is 4.27. The molecule has 1 aromatic rings. The number of nitrogens with one attached hydrogen (secondary N) is 2. The lowest BCUT2D eigenvalue weighted by Crippen LogP contribution is -2.35. The summed E-state index contributed by atoms with van der Waals surface area (Å²) in [5, 5.41) is 10.2. The smallest absolute Gasteiger partial charge is 0.234 e. The van der Waals surface area contributed by atoms with Gasteiger partial charge in [-0.05, 0) is 26.8 Å². The minimum Gasteiger partial charge on any atom is -0.348 e. The summed E-state index contributed by atoms with van der Waals surface area (Å²) in [5.74, 6) is 0.0224. The van der Waals surface area contributed by atoms with Gasteiger partial charge in [0.1, 0.15) is 0 Å². The first-order chi connectivity index (χ1) is 8.06. The van der Waals surface area contributed by atoms with Crippen molar-refractivity contribution in [3.05, 3.63) is 17.5 Å². The zero-order valence-corrected chi connectivity index (χ0v) is 11.1. The first-order valence-electron chi connectivity index (χ1n) is 6.04. The van der Waals surface area contributed by atoms with Crippen molar-refractivity contribution in [2.45, 2.75) is 33.2 Å². The maximum Gasteiger partial charge on any atom is 0.234 e. The highest BCUT2D eigenvalue weighted by Crippen LogP contribution is 2.15. The number of carbonyl (C=O) groups excluding carboxylic acids is 1. The summed E-state index contributed by atoms with van der Waals surface area (Å²) < 4.78 is 1.81. The molecule has 0 radical (unpaired) electrons. The van der Waals surface area contributed by atoms with E-state index >= 15 is 0 Å². The number of aryl methyl sites for hydroxylation is 1. The number of hydrogen-bond acceptors (Lipinski definition) is 3. The van der Waals surface area contributed by atoms with E-state index in [1.807, 2.05) is 25.6 Å². The summed E-state index contributed by atoms with van der Waals surface area (Å²) in [5.41, 5.74) is 2.15. The maximum atomic E-state index is 11.6. The van der Waals surface area contributed by atoms with Crippen molar-refractivity contribution in [1.29, 1.82) is 0 Å². The molecule has 0 aliphatic heterocycles. The minimum atomic E-state index is -0.000346. The third-order valence-corrected chi connectivity index (χ3v) is 2.83. The van der Waals surface area contributed by atoms with Crippen LogP contribution < -0.4 is 10.6 Å². The van der Waals surface area contributed by atoms with Gasteiger partial charge in [-0.1, -0.05) is 6.92 Å². The Morgan fingerprint density at radius 1 is 1.59 bits per heavy atom. The van der Waals surface area contributed by atoms with E-state index in [0.717, 1.165) is 24.2 Å². The van der Waals surface area contributed by atoms with Gasteiger partial charge in [0, 0.05) is 18.3 Å². The molecule has 0 saturated heterocycles. The van der Waals surface area contributed by atoms with E-state index in [4.69, 9.17) is 0 Å². The highest BCUT2D eigenvalue weighted by atomic mass is 16.1. The van der Waals surface area contributed by atoms with Crippen molar-refractivity contribution in [3.63, 3.8) is 0 Å². The molecule has 5 heteroatoms. The van der Waals surface area contributed by atoms with Gasteiger partial charge in [-0.25, -0.2) is 0 Å². The highest BCUT2D eigenvalue weighted by molar-refractivity contribution is 5.78. The molecule has 5 nitrogen and oxygen atoms in total. The highest BCUT2D eigenvalue weighted by Gasteiger charge is 2.13. The summed E-state index contributed by atoms with van der Waals surface area (Å²) >= 11 is 0. The van der Waals surface area contributed by atoms with Gasteiger partial charge in [-0.3, -0.25) is 9.48 Å². The van der Waals surface area contributed by atoms with Gasteiger partial charge in [-0.2, -0.15) is 5.10 Å². The Hall–Kier alpha value is -1.36. The second-order valence-electron chi connectivity index (χ2n) is 4.27. The van der Waals surface area contributed by atoms with Gasteiger partial charge in [-0.15, -0.1) is 0 Å². The molecule has 0 aromatic carbocycles. The summed E-state index contributed by atoms with van der Waals surface area (Å²) in [4.78, 5) is 11.6. The van der Waals surface area contributed by atoms with Crippen LogP contribution >= 0.6 is 0 Å². The molecule has 1 aromatic heterocycles. The lowest BCUT2D eigenvalue weighted by atomic mass is 10.1. The molecule has 0 saturated carbocycles. The van der Waals surface area contributed by atoms with Crippen LogP contribution in [0, 0.1) is 6.92 Å². The number of rotatable bonds is 6. The third kappa shape index (κ3) is 3.85. The van der Waals surface area contributed by atoms with Gasteiger partial charge in [0.15, 0.2) is 0 Å². The third-order valence-electron chi connectivity index (χ3n) is 2.83. The average Bonchev–Trinajstić information content (AvgIpc) is 2.60. The molecule has 1 amide bonds. The Morgan fingerprint density at radius 2 is 2.29 bits per heavy atom. The van der Waals surface area contributed by atoms with Crippen molar-refractivity contribution in [2.24, 2.45) is 7.05 Å². The fraction of sp³-hybridized carbons (Fsp3) is 0.667. The molecular formula is C12H22N4O. The van der Waals surface area contributed by atoms with E-state index < -0.39 is 0 Å². The number of nitrogens with zero attached hydrogens (tertiary/aromatic N) is 2. The molecular weight excluding hydrogens is 216 g/mol. The van der Waals surface area contributed by atoms with Gasteiger partial charge in [0.25, 0.3) is 0 Å². The van der Waals surface area contributed by atoms with Gasteiger partial charge >= 0.3 is 0 Å². The molecule has 0 spiro atoms. The summed E-state index contributed by atoms with van der Waals surface area (Å²) in [6.07, 6.45) is 2.84. The number of carbonyl (C=O) groups is 1. The van der Waals surface area contributed by atoms with E-state index in [1.165, 1.54) is 0 Å². The summed E-state index contributed by atoms with van der Waals surface area (Å²) in [7, 11) is 1.90. The lowest BCUT2D eigenvalue weighted by molar-refractivity contribution is -0.120. The van der Waals surface area contributed by atoms with Crippen molar-refractivity contribution < 1.29 is 4.79 Å². The summed E-state index contributed by atoms with van der Waals surface area (Å²) in [6, 6.07) is -0.000346. The monoisotopic (exact) mass is 238 g/mol. The van der Waals surface area contributed by atoms with Crippen LogP contribution in [0.3, 0.4) is 0 Å². The number of aromatic nitrogens is 2. The molecule has 1 rings (SSSR count). The lowest BCUT2D eigenvalue weighted by Gasteiger charge is -2.14. The van der Waals surface area contributed by atoms with E-state index in [0.29, 0.717) is 6.54 Å². The van der Waals surface area contributed by atoms with Crippen molar-refractivity contribution in [1.82, 2.24) is 20.4 Å². The van der Waals surface area contributed by atoms with Gasteiger partial charge in [0.2, 0.25) is 5.91 Å². The molecule has 96 valence electrons.